The van der Waals surface area contributed by atoms with Crippen LogP contribution in [-0.4, -0.2) is 42.4 Å². The van der Waals surface area contributed by atoms with Crippen LogP contribution in [0.15, 0.2) is 0 Å². The second-order valence-corrected chi connectivity index (χ2v) is 6.97. The van der Waals surface area contributed by atoms with Crippen LogP contribution in [0.3, 0.4) is 0 Å². The number of fused-ring (bicyclic) bond motifs is 1. The zero-order valence-corrected chi connectivity index (χ0v) is 12.7. The molecule has 0 spiro atoms. The third kappa shape index (κ3) is 3.07. The van der Waals surface area contributed by atoms with Crippen molar-refractivity contribution in [2.24, 2.45) is 23.5 Å². The van der Waals surface area contributed by atoms with E-state index >= 15 is 0 Å². The molecule has 0 radical (unpaired) electrons. The summed E-state index contributed by atoms with van der Waals surface area (Å²) >= 11 is 0. The second kappa shape index (κ2) is 6.34. The van der Waals surface area contributed by atoms with Crippen LogP contribution in [0.25, 0.3) is 0 Å². The first-order valence-corrected chi connectivity index (χ1v) is 8.46. The van der Waals surface area contributed by atoms with Crippen LogP contribution in [-0.2, 0) is 9.59 Å². The Labute approximate surface area is 126 Å². The number of carbonyl (C=O) groups excluding carboxylic acids is 2. The topological polar surface area (TPSA) is 75.4 Å². The van der Waals surface area contributed by atoms with Crippen LogP contribution < -0.4 is 11.1 Å². The SMILES string of the molecule is NCC1CCC(CC(=O)N2CCCC3C(=O)NCC32)CC1. The average molecular weight is 293 g/mol. The number of hydrogen-bond donors (Lipinski definition) is 2. The summed E-state index contributed by atoms with van der Waals surface area (Å²) in [5, 5.41) is 2.92. The van der Waals surface area contributed by atoms with E-state index in [0.717, 1.165) is 38.8 Å². The fourth-order valence-electron chi connectivity index (χ4n) is 4.30. The smallest absolute Gasteiger partial charge is 0.225 e. The van der Waals surface area contributed by atoms with Crippen molar-refractivity contribution in [2.45, 2.75) is 51.0 Å². The third-order valence-corrected chi connectivity index (χ3v) is 5.68. The first-order chi connectivity index (χ1) is 10.2. The van der Waals surface area contributed by atoms with Gasteiger partial charge in [0.2, 0.25) is 11.8 Å². The molecular weight excluding hydrogens is 266 g/mol. The fraction of sp³-hybridized carbons (Fsp3) is 0.875. The number of nitrogens with zero attached hydrogens (tertiary/aromatic N) is 1. The molecule has 2 unspecified atom stereocenters. The minimum Gasteiger partial charge on any atom is -0.354 e. The highest BCUT2D eigenvalue weighted by atomic mass is 16.2. The first-order valence-electron chi connectivity index (χ1n) is 8.46. The maximum Gasteiger partial charge on any atom is 0.225 e. The number of likely N-dealkylation sites (tertiary alicyclic amines) is 1. The molecule has 118 valence electrons. The van der Waals surface area contributed by atoms with Gasteiger partial charge in [-0.05, 0) is 56.9 Å². The molecule has 3 fully saturated rings. The van der Waals surface area contributed by atoms with Gasteiger partial charge in [-0.25, -0.2) is 0 Å². The van der Waals surface area contributed by atoms with E-state index in [2.05, 4.69) is 5.32 Å². The largest absolute Gasteiger partial charge is 0.354 e. The van der Waals surface area contributed by atoms with Gasteiger partial charge in [-0.3, -0.25) is 9.59 Å². The van der Waals surface area contributed by atoms with Crippen LogP contribution in [0.5, 0.6) is 0 Å². The monoisotopic (exact) mass is 293 g/mol. The molecule has 1 aliphatic carbocycles. The molecule has 0 aromatic carbocycles. The normalized spacial score (nSPS) is 36.2. The standard InChI is InChI=1S/C16H27N3O2/c17-9-12-5-3-11(4-6-12)8-15(20)19-7-1-2-13-14(19)10-18-16(13)21/h11-14H,1-10,17H2,(H,18,21). The molecule has 1 saturated carbocycles. The van der Waals surface area contributed by atoms with Gasteiger partial charge in [0, 0.05) is 19.5 Å². The number of nitrogens with two attached hydrogens (primary N) is 1. The van der Waals surface area contributed by atoms with E-state index in [1.807, 2.05) is 4.90 Å². The van der Waals surface area contributed by atoms with Gasteiger partial charge in [0.25, 0.3) is 0 Å². The summed E-state index contributed by atoms with van der Waals surface area (Å²) in [7, 11) is 0. The highest BCUT2D eigenvalue weighted by Crippen LogP contribution is 2.33. The molecule has 5 nitrogen and oxygen atoms in total. The van der Waals surface area contributed by atoms with E-state index in [4.69, 9.17) is 5.73 Å². The quantitative estimate of drug-likeness (QED) is 0.811. The number of piperidine rings is 1. The highest BCUT2D eigenvalue weighted by molar-refractivity contribution is 5.84. The lowest BCUT2D eigenvalue weighted by Gasteiger charge is -2.37. The van der Waals surface area contributed by atoms with E-state index in [0.29, 0.717) is 24.8 Å². The van der Waals surface area contributed by atoms with Crippen molar-refractivity contribution in [1.29, 1.82) is 0 Å². The molecule has 2 amide bonds. The lowest BCUT2D eigenvalue weighted by Crippen LogP contribution is -2.49. The van der Waals surface area contributed by atoms with Crippen LogP contribution in [0.2, 0.25) is 0 Å². The van der Waals surface area contributed by atoms with Gasteiger partial charge < -0.3 is 16.0 Å². The zero-order chi connectivity index (χ0) is 14.8. The summed E-state index contributed by atoms with van der Waals surface area (Å²) in [6.07, 6.45) is 7.15. The molecular formula is C16H27N3O2. The molecule has 3 aliphatic rings. The predicted octanol–water partition coefficient (Wildman–Crippen LogP) is 0.879. The van der Waals surface area contributed by atoms with Crippen LogP contribution in [0, 0.1) is 17.8 Å². The lowest BCUT2D eigenvalue weighted by molar-refractivity contribution is -0.138. The summed E-state index contributed by atoms with van der Waals surface area (Å²) < 4.78 is 0. The molecule has 21 heavy (non-hydrogen) atoms. The van der Waals surface area contributed by atoms with Gasteiger partial charge in [0.05, 0.1) is 12.0 Å². The van der Waals surface area contributed by atoms with Gasteiger partial charge >= 0.3 is 0 Å². The van der Waals surface area contributed by atoms with E-state index in [1.165, 1.54) is 12.8 Å². The van der Waals surface area contributed by atoms with Crippen molar-refractivity contribution in [1.82, 2.24) is 10.2 Å². The molecule has 2 heterocycles. The van der Waals surface area contributed by atoms with Gasteiger partial charge in [0.1, 0.15) is 0 Å². The zero-order valence-electron chi connectivity index (χ0n) is 12.7. The van der Waals surface area contributed by atoms with Crippen LogP contribution in [0.1, 0.15) is 44.9 Å². The minimum absolute atomic E-state index is 0.0377. The molecule has 2 saturated heterocycles. The Hall–Kier alpha value is -1.10. The van der Waals surface area contributed by atoms with E-state index in [1.54, 1.807) is 0 Å². The molecule has 0 bridgehead atoms. The maximum absolute atomic E-state index is 12.6. The Kier molecular flexibility index (Phi) is 4.48. The summed E-state index contributed by atoms with van der Waals surface area (Å²) in [6.45, 7) is 2.26. The van der Waals surface area contributed by atoms with Gasteiger partial charge in [-0.15, -0.1) is 0 Å². The maximum atomic E-state index is 12.6. The third-order valence-electron chi connectivity index (χ3n) is 5.68. The highest BCUT2D eigenvalue weighted by Gasteiger charge is 2.42. The fourth-order valence-corrected chi connectivity index (χ4v) is 4.30. The van der Waals surface area contributed by atoms with Gasteiger partial charge in [-0.1, -0.05) is 0 Å². The molecule has 3 rings (SSSR count). The minimum atomic E-state index is 0.0377. The number of amides is 2. The number of rotatable bonds is 3. The second-order valence-electron chi connectivity index (χ2n) is 6.97. The molecule has 3 N–H and O–H groups in total. The molecule has 5 heteroatoms. The van der Waals surface area contributed by atoms with Crippen LogP contribution in [0.4, 0.5) is 0 Å². The van der Waals surface area contributed by atoms with Crippen molar-refractivity contribution >= 4 is 11.8 Å². The summed E-state index contributed by atoms with van der Waals surface area (Å²) in [6, 6.07) is 0.110. The number of hydrogen-bond acceptors (Lipinski definition) is 3. The Balaban J connectivity index is 1.54. The Morgan fingerprint density at radius 2 is 1.90 bits per heavy atom. The molecule has 0 aromatic heterocycles. The van der Waals surface area contributed by atoms with E-state index in [-0.39, 0.29) is 23.8 Å². The number of nitrogens with one attached hydrogen (secondary N) is 1. The molecule has 2 aliphatic heterocycles. The summed E-state index contributed by atoms with van der Waals surface area (Å²) in [5.74, 6) is 1.62. The summed E-state index contributed by atoms with van der Waals surface area (Å²) in [5.41, 5.74) is 5.72. The van der Waals surface area contributed by atoms with Crippen molar-refractivity contribution in [3.05, 3.63) is 0 Å². The number of carbonyl (C=O) groups is 2. The average Bonchev–Trinajstić information content (AvgIpc) is 2.89. The van der Waals surface area contributed by atoms with E-state index < -0.39 is 0 Å². The Morgan fingerprint density at radius 3 is 2.62 bits per heavy atom. The Morgan fingerprint density at radius 1 is 1.19 bits per heavy atom. The van der Waals surface area contributed by atoms with Gasteiger partial charge in [-0.2, -0.15) is 0 Å². The predicted molar refractivity (Wildman–Crippen MR) is 80.4 cm³/mol. The molecule has 2 atom stereocenters. The van der Waals surface area contributed by atoms with Crippen LogP contribution >= 0.6 is 0 Å². The first kappa shape index (κ1) is 14.8. The van der Waals surface area contributed by atoms with Crippen molar-refractivity contribution in [3.63, 3.8) is 0 Å². The van der Waals surface area contributed by atoms with Crippen molar-refractivity contribution in [3.8, 4) is 0 Å². The summed E-state index contributed by atoms with van der Waals surface area (Å²) in [4.78, 5) is 26.4. The lowest BCUT2D eigenvalue weighted by atomic mass is 9.80. The molecule has 0 aromatic rings. The van der Waals surface area contributed by atoms with Crippen molar-refractivity contribution in [2.75, 3.05) is 19.6 Å². The van der Waals surface area contributed by atoms with Crippen molar-refractivity contribution < 1.29 is 9.59 Å². The van der Waals surface area contributed by atoms with Gasteiger partial charge in [0.15, 0.2) is 0 Å². The van der Waals surface area contributed by atoms with E-state index in [9.17, 15) is 9.59 Å². The Bertz CT molecular complexity index is 404.